The number of nitrogen functional groups attached to an aromatic ring is 2. The van der Waals surface area contributed by atoms with Crippen LogP contribution in [0.4, 0.5) is 17.6 Å². The van der Waals surface area contributed by atoms with Crippen LogP contribution in [0.2, 0.25) is 0 Å². The number of nitrogens with one attached hydrogen (secondary N) is 1. The van der Waals surface area contributed by atoms with Crippen LogP contribution >= 0.6 is 0 Å². The van der Waals surface area contributed by atoms with E-state index in [0.29, 0.717) is 11.7 Å². The van der Waals surface area contributed by atoms with Crippen LogP contribution < -0.4 is 21.9 Å². The lowest BCUT2D eigenvalue weighted by Crippen LogP contribution is -2.31. The number of hydrogen-bond acceptors (Lipinski definition) is 7. The summed E-state index contributed by atoms with van der Waals surface area (Å²) in [7, 11) is 1.98. The molecule has 2 rings (SSSR count). The third kappa shape index (κ3) is 3.21. The number of aromatic nitrogens is 2. The van der Waals surface area contributed by atoms with Crippen LogP contribution in [-0.2, 0) is 4.74 Å². The molecule has 1 aromatic rings. The van der Waals surface area contributed by atoms with E-state index in [2.05, 4.69) is 20.3 Å². The Balaban J connectivity index is 2.02. The van der Waals surface area contributed by atoms with Crippen molar-refractivity contribution < 1.29 is 4.74 Å². The molecule has 2 heterocycles. The summed E-state index contributed by atoms with van der Waals surface area (Å²) in [5.41, 5.74) is 8.12. The second-order valence-electron chi connectivity index (χ2n) is 4.58. The number of hydrazine groups is 1. The van der Waals surface area contributed by atoms with Crippen LogP contribution in [0.25, 0.3) is 0 Å². The third-order valence-corrected chi connectivity index (χ3v) is 3.06. The first-order valence-electron chi connectivity index (χ1n) is 6.09. The Morgan fingerprint density at radius 1 is 1.56 bits per heavy atom. The summed E-state index contributed by atoms with van der Waals surface area (Å²) in [5.74, 6) is 7.37. The quantitative estimate of drug-likeness (QED) is 0.520. The predicted octanol–water partition coefficient (Wildman–Crippen LogP) is 0.207. The van der Waals surface area contributed by atoms with Crippen molar-refractivity contribution in [3.8, 4) is 0 Å². The largest absolute Gasteiger partial charge is 0.381 e. The lowest BCUT2D eigenvalue weighted by Gasteiger charge is -2.27. The smallest absolute Gasteiger partial charge is 0.223 e. The molecule has 0 bridgehead atoms. The maximum Gasteiger partial charge on any atom is 0.223 e. The normalized spacial score (nSPS) is 19.6. The molecule has 1 aliphatic rings. The molecule has 5 N–H and O–H groups in total. The van der Waals surface area contributed by atoms with Gasteiger partial charge in [0.05, 0.1) is 6.61 Å². The second kappa shape index (κ2) is 5.83. The third-order valence-electron chi connectivity index (χ3n) is 3.06. The molecule has 1 saturated heterocycles. The van der Waals surface area contributed by atoms with E-state index in [4.69, 9.17) is 16.3 Å². The van der Waals surface area contributed by atoms with Gasteiger partial charge >= 0.3 is 0 Å². The molecular weight excluding hydrogens is 232 g/mol. The Labute approximate surface area is 106 Å². The second-order valence-corrected chi connectivity index (χ2v) is 4.58. The fraction of sp³-hybridized carbons (Fsp3) is 0.636. The van der Waals surface area contributed by atoms with Crippen LogP contribution in [0.1, 0.15) is 12.8 Å². The molecule has 0 spiro atoms. The zero-order valence-electron chi connectivity index (χ0n) is 10.6. The van der Waals surface area contributed by atoms with E-state index in [1.165, 1.54) is 6.42 Å². The zero-order chi connectivity index (χ0) is 13.0. The standard InChI is InChI=1S/C11H20N6O/c1-17(6-8-3-2-4-18-7-8)10-5-9(16-13)14-11(12)15-10/h5,8H,2-4,6-7,13H2,1H3,(H3,12,14,15,16). The summed E-state index contributed by atoms with van der Waals surface area (Å²) >= 11 is 0. The van der Waals surface area contributed by atoms with Crippen molar-refractivity contribution in [2.75, 3.05) is 42.9 Å². The van der Waals surface area contributed by atoms with Gasteiger partial charge in [-0.25, -0.2) is 5.84 Å². The Kier molecular flexibility index (Phi) is 4.16. The Morgan fingerprint density at radius 3 is 3.06 bits per heavy atom. The summed E-state index contributed by atoms with van der Waals surface area (Å²) in [6, 6.07) is 1.78. The van der Waals surface area contributed by atoms with Gasteiger partial charge in [-0.2, -0.15) is 9.97 Å². The van der Waals surface area contributed by atoms with Gasteiger partial charge in [-0.3, -0.25) is 0 Å². The first kappa shape index (κ1) is 12.8. The molecule has 0 saturated carbocycles. The van der Waals surface area contributed by atoms with Gasteiger partial charge in [-0.05, 0) is 18.8 Å². The summed E-state index contributed by atoms with van der Waals surface area (Å²) in [6.45, 7) is 2.58. The maximum atomic E-state index is 5.64. The SMILES string of the molecule is CN(CC1CCCOC1)c1cc(NN)nc(N)n1. The number of anilines is 3. The molecule has 0 aliphatic carbocycles. The van der Waals surface area contributed by atoms with E-state index in [1.54, 1.807) is 6.07 Å². The van der Waals surface area contributed by atoms with E-state index < -0.39 is 0 Å². The van der Waals surface area contributed by atoms with Gasteiger partial charge in [0.15, 0.2) is 0 Å². The summed E-state index contributed by atoms with van der Waals surface area (Å²) in [5, 5.41) is 0. The molecule has 0 radical (unpaired) electrons. The maximum absolute atomic E-state index is 5.64. The predicted molar refractivity (Wildman–Crippen MR) is 71.1 cm³/mol. The van der Waals surface area contributed by atoms with Gasteiger partial charge in [-0.1, -0.05) is 0 Å². The Morgan fingerprint density at radius 2 is 2.39 bits per heavy atom. The molecule has 1 aromatic heterocycles. The first-order chi connectivity index (χ1) is 8.69. The molecule has 7 heteroatoms. The van der Waals surface area contributed by atoms with Crippen molar-refractivity contribution in [2.45, 2.75) is 12.8 Å². The molecule has 1 atom stereocenters. The van der Waals surface area contributed by atoms with E-state index >= 15 is 0 Å². The molecule has 1 aliphatic heterocycles. The zero-order valence-corrected chi connectivity index (χ0v) is 10.6. The van der Waals surface area contributed by atoms with Crippen molar-refractivity contribution in [3.63, 3.8) is 0 Å². The van der Waals surface area contributed by atoms with Gasteiger partial charge in [0.25, 0.3) is 0 Å². The summed E-state index contributed by atoms with van der Waals surface area (Å²) in [6.07, 6.45) is 2.31. The molecule has 18 heavy (non-hydrogen) atoms. The monoisotopic (exact) mass is 252 g/mol. The molecule has 7 nitrogen and oxygen atoms in total. The molecule has 0 amide bonds. The highest BCUT2D eigenvalue weighted by Crippen LogP contribution is 2.19. The fourth-order valence-electron chi connectivity index (χ4n) is 2.15. The molecule has 100 valence electrons. The molecule has 1 fully saturated rings. The van der Waals surface area contributed by atoms with E-state index in [-0.39, 0.29) is 5.95 Å². The minimum Gasteiger partial charge on any atom is -0.381 e. The lowest BCUT2D eigenvalue weighted by atomic mass is 10.0. The van der Waals surface area contributed by atoms with E-state index in [0.717, 1.165) is 32.0 Å². The lowest BCUT2D eigenvalue weighted by molar-refractivity contribution is 0.0576. The first-order valence-corrected chi connectivity index (χ1v) is 6.09. The minimum absolute atomic E-state index is 0.215. The van der Waals surface area contributed by atoms with Crippen molar-refractivity contribution in [3.05, 3.63) is 6.07 Å². The van der Waals surface area contributed by atoms with Gasteiger partial charge in [-0.15, -0.1) is 0 Å². The van der Waals surface area contributed by atoms with Gasteiger partial charge in [0, 0.05) is 26.3 Å². The number of nitrogens with two attached hydrogens (primary N) is 2. The minimum atomic E-state index is 0.215. The number of ether oxygens (including phenoxy) is 1. The number of rotatable bonds is 4. The molecular formula is C11H20N6O. The van der Waals surface area contributed by atoms with Crippen LogP contribution in [0.15, 0.2) is 6.07 Å². The summed E-state index contributed by atoms with van der Waals surface area (Å²) in [4.78, 5) is 10.2. The average molecular weight is 252 g/mol. The van der Waals surface area contributed by atoms with Crippen LogP contribution in [-0.4, -0.2) is 36.8 Å². The number of nitrogens with zero attached hydrogens (tertiary/aromatic N) is 3. The van der Waals surface area contributed by atoms with E-state index in [1.807, 2.05) is 7.05 Å². The molecule has 1 unspecified atom stereocenters. The highest BCUT2D eigenvalue weighted by molar-refractivity contribution is 5.51. The Bertz CT molecular complexity index is 393. The van der Waals surface area contributed by atoms with Crippen molar-refractivity contribution in [2.24, 2.45) is 11.8 Å². The highest BCUT2D eigenvalue weighted by atomic mass is 16.5. The van der Waals surface area contributed by atoms with Crippen molar-refractivity contribution >= 4 is 17.6 Å². The van der Waals surface area contributed by atoms with Gasteiger partial charge in [0.2, 0.25) is 5.95 Å². The topological polar surface area (TPSA) is 102 Å². The average Bonchev–Trinajstić information content (AvgIpc) is 2.39. The van der Waals surface area contributed by atoms with Crippen molar-refractivity contribution in [1.29, 1.82) is 0 Å². The van der Waals surface area contributed by atoms with Crippen LogP contribution in [0.3, 0.4) is 0 Å². The van der Waals surface area contributed by atoms with Gasteiger partial charge in [0.1, 0.15) is 11.6 Å². The van der Waals surface area contributed by atoms with Crippen molar-refractivity contribution in [1.82, 2.24) is 9.97 Å². The van der Waals surface area contributed by atoms with Crippen LogP contribution in [0, 0.1) is 5.92 Å². The fourth-order valence-corrected chi connectivity index (χ4v) is 2.15. The van der Waals surface area contributed by atoms with Gasteiger partial charge < -0.3 is 20.8 Å². The van der Waals surface area contributed by atoms with Crippen LogP contribution in [0.5, 0.6) is 0 Å². The molecule has 0 aromatic carbocycles. The Hall–Kier alpha value is -1.60. The van der Waals surface area contributed by atoms with E-state index in [9.17, 15) is 0 Å². The number of hydrogen-bond donors (Lipinski definition) is 3. The summed E-state index contributed by atoms with van der Waals surface area (Å²) < 4.78 is 5.47. The highest BCUT2D eigenvalue weighted by Gasteiger charge is 2.17.